The highest BCUT2D eigenvalue weighted by atomic mass is 32.2. The van der Waals surface area contributed by atoms with Crippen LogP contribution < -0.4 is 5.32 Å². The lowest BCUT2D eigenvalue weighted by molar-refractivity contribution is -0.384. The number of hydroxylamine groups is 2. The number of thiol groups is 1. The van der Waals surface area contributed by atoms with Gasteiger partial charge in [0, 0.05) is 56.7 Å². The van der Waals surface area contributed by atoms with Crippen LogP contribution in [0.5, 0.6) is 0 Å². The van der Waals surface area contributed by atoms with E-state index in [0.29, 0.717) is 42.4 Å². The second kappa shape index (κ2) is 14.7. The van der Waals surface area contributed by atoms with Crippen molar-refractivity contribution in [1.29, 1.82) is 0 Å². The number of hydrogen-bond acceptors (Lipinski definition) is 11. The molecule has 0 radical (unpaired) electrons. The summed E-state index contributed by atoms with van der Waals surface area (Å²) in [5, 5.41) is 27.6. The largest absolute Gasteiger partial charge is 0.445 e. The molecular weight excluding hydrogens is 548 g/mol. The highest BCUT2D eigenvalue weighted by molar-refractivity contribution is 8.00. The molecule has 2 aliphatic heterocycles. The van der Waals surface area contributed by atoms with E-state index in [9.17, 15) is 29.7 Å². The minimum absolute atomic E-state index is 0.0671. The van der Waals surface area contributed by atoms with Gasteiger partial charge in [-0.25, -0.2) is 14.9 Å². The Balaban J connectivity index is 1.65. The molecule has 2 fully saturated rings. The number of nitrogens with one attached hydrogen (secondary N) is 1. The van der Waals surface area contributed by atoms with Gasteiger partial charge in [-0.1, -0.05) is 6.92 Å². The lowest BCUT2D eigenvalue weighted by atomic mass is 10.1. The van der Waals surface area contributed by atoms with Crippen molar-refractivity contribution in [2.45, 2.75) is 43.4 Å². The minimum Gasteiger partial charge on any atom is -0.445 e. The maximum Gasteiger partial charge on any atom is 0.410 e. The SMILES string of the molecule is CCSC(C(=O)N(O)CC(=O)N(CC)N1CCNCC1)[C@@H]1C[C@H](S)CN1C(=O)OCc1ccc([N+](=O)[O-])cc1. The number of likely N-dealkylation sites (N-methyl/N-ethyl adjacent to an activating group) is 1. The summed E-state index contributed by atoms with van der Waals surface area (Å²) in [6.45, 7) is 6.54. The third-order valence-electron chi connectivity index (χ3n) is 6.57. The summed E-state index contributed by atoms with van der Waals surface area (Å²) in [5.41, 5.74) is 0.510. The highest BCUT2D eigenvalue weighted by Gasteiger charge is 2.44. The smallest absolute Gasteiger partial charge is 0.410 e. The number of likely N-dealkylation sites (tertiary alicyclic amines) is 1. The zero-order chi connectivity index (χ0) is 28.5. The topological polar surface area (TPSA) is 149 Å². The van der Waals surface area contributed by atoms with Crippen LogP contribution in [0.2, 0.25) is 0 Å². The number of hydrogen-bond donors (Lipinski definition) is 3. The number of nitrogens with zero attached hydrogens (tertiary/aromatic N) is 5. The van der Waals surface area contributed by atoms with Gasteiger partial charge in [-0.3, -0.25) is 29.9 Å². The van der Waals surface area contributed by atoms with Gasteiger partial charge in [0.25, 0.3) is 17.5 Å². The quantitative estimate of drug-likeness (QED) is 0.152. The van der Waals surface area contributed by atoms with Crippen molar-refractivity contribution in [2.24, 2.45) is 0 Å². The van der Waals surface area contributed by atoms with Crippen molar-refractivity contribution in [3.05, 3.63) is 39.9 Å². The number of hydrazine groups is 1. The molecule has 3 amide bonds. The number of nitro groups is 1. The summed E-state index contributed by atoms with van der Waals surface area (Å²) in [7, 11) is 0. The van der Waals surface area contributed by atoms with Crippen LogP contribution >= 0.6 is 24.4 Å². The molecule has 1 aromatic carbocycles. The lowest BCUT2D eigenvalue weighted by Crippen LogP contribution is -2.57. The van der Waals surface area contributed by atoms with Gasteiger partial charge < -0.3 is 15.0 Å². The van der Waals surface area contributed by atoms with E-state index >= 15 is 0 Å². The van der Waals surface area contributed by atoms with E-state index in [4.69, 9.17) is 4.74 Å². The number of carbonyl (C=O) groups excluding carboxylic acids is 3. The zero-order valence-corrected chi connectivity index (χ0v) is 23.8. The summed E-state index contributed by atoms with van der Waals surface area (Å²) < 4.78 is 5.45. The highest BCUT2D eigenvalue weighted by Crippen LogP contribution is 2.32. The van der Waals surface area contributed by atoms with Crippen molar-refractivity contribution in [1.82, 2.24) is 25.3 Å². The summed E-state index contributed by atoms with van der Waals surface area (Å²) in [5.74, 6) is -0.514. The van der Waals surface area contributed by atoms with Gasteiger partial charge in [-0.15, -0.1) is 11.8 Å². The van der Waals surface area contributed by atoms with Crippen LogP contribution in [0.15, 0.2) is 24.3 Å². The molecule has 0 saturated carbocycles. The monoisotopic (exact) mass is 584 g/mol. The Hall–Kier alpha value is -2.59. The van der Waals surface area contributed by atoms with Gasteiger partial charge in [0.2, 0.25) is 0 Å². The molecule has 0 aliphatic carbocycles. The third-order valence-corrected chi connectivity index (χ3v) is 8.15. The van der Waals surface area contributed by atoms with Crippen LogP contribution in [0.25, 0.3) is 0 Å². The number of thioether (sulfide) groups is 1. The predicted molar refractivity (Wildman–Crippen MR) is 148 cm³/mol. The Kier molecular flexibility index (Phi) is 11.7. The van der Waals surface area contributed by atoms with E-state index in [2.05, 4.69) is 17.9 Å². The molecule has 0 bridgehead atoms. The third kappa shape index (κ3) is 8.20. The first kappa shape index (κ1) is 30.9. The Morgan fingerprint density at radius 1 is 1.26 bits per heavy atom. The van der Waals surface area contributed by atoms with Gasteiger partial charge in [-0.05, 0) is 36.8 Å². The van der Waals surface area contributed by atoms with Crippen molar-refractivity contribution >= 4 is 48.0 Å². The lowest BCUT2D eigenvalue weighted by Gasteiger charge is -2.37. The standard InChI is InChI=1S/C24H36N6O7S2/c1-3-28(26-11-9-25-10-12-26)21(31)15-29(34)23(32)22(39-4-2)20-13-19(38)14-27(20)24(33)37-16-17-5-7-18(8-6-17)30(35)36/h5-8,19-20,22,25,34,38H,3-4,9-16H2,1-2H3/t19-,20-,22?/m0/s1. The van der Waals surface area contributed by atoms with Crippen LogP contribution in [-0.4, -0.2) is 116 Å². The summed E-state index contributed by atoms with van der Waals surface area (Å²) in [6, 6.07) is 5.07. The molecule has 216 valence electrons. The first-order chi connectivity index (χ1) is 18.7. The summed E-state index contributed by atoms with van der Waals surface area (Å²) in [4.78, 5) is 51.1. The number of piperazine rings is 1. The van der Waals surface area contributed by atoms with E-state index < -0.39 is 40.7 Å². The van der Waals surface area contributed by atoms with Crippen LogP contribution in [0.4, 0.5) is 10.5 Å². The second-order valence-electron chi connectivity index (χ2n) is 9.17. The first-order valence-corrected chi connectivity index (χ1v) is 14.4. The molecule has 13 nitrogen and oxygen atoms in total. The number of ether oxygens (including phenoxy) is 1. The second-order valence-corrected chi connectivity index (χ2v) is 11.3. The van der Waals surface area contributed by atoms with Gasteiger partial charge in [0.1, 0.15) is 18.4 Å². The Morgan fingerprint density at radius 3 is 2.51 bits per heavy atom. The van der Waals surface area contributed by atoms with Crippen molar-refractivity contribution < 1.29 is 29.3 Å². The summed E-state index contributed by atoms with van der Waals surface area (Å²) in [6.07, 6.45) is -0.246. The van der Waals surface area contributed by atoms with Gasteiger partial charge in [0.15, 0.2) is 0 Å². The molecule has 0 spiro atoms. The molecule has 2 saturated heterocycles. The van der Waals surface area contributed by atoms with Crippen LogP contribution in [0.1, 0.15) is 25.8 Å². The normalized spacial score (nSPS) is 20.4. The molecule has 3 atom stereocenters. The summed E-state index contributed by atoms with van der Waals surface area (Å²) >= 11 is 5.81. The minimum atomic E-state index is -0.828. The van der Waals surface area contributed by atoms with Crippen LogP contribution in [0, 0.1) is 10.1 Å². The fraction of sp³-hybridized carbons (Fsp3) is 0.625. The Bertz CT molecular complexity index is 1010. The maximum absolute atomic E-state index is 13.4. The van der Waals surface area contributed by atoms with Gasteiger partial charge >= 0.3 is 6.09 Å². The molecule has 39 heavy (non-hydrogen) atoms. The fourth-order valence-corrected chi connectivity index (χ4v) is 6.17. The van der Waals surface area contributed by atoms with Gasteiger partial charge in [0.05, 0.1) is 11.0 Å². The van der Waals surface area contributed by atoms with E-state index in [0.717, 1.165) is 13.1 Å². The molecule has 3 rings (SSSR count). The number of non-ortho nitro benzene ring substituents is 1. The molecule has 1 unspecified atom stereocenters. The van der Waals surface area contributed by atoms with E-state index in [1.54, 1.807) is 5.01 Å². The zero-order valence-electron chi connectivity index (χ0n) is 22.1. The number of amides is 3. The number of rotatable bonds is 11. The van der Waals surface area contributed by atoms with Crippen molar-refractivity contribution in [3.63, 3.8) is 0 Å². The maximum atomic E-state index is 13.4. The van der Waals surface area contributed by atoms with Crippen molar-refractivity contribution in [2.75, 3.05) is 51.6 Å². The van der Waals surface area contributed by atoms with Crippen LogP contribution in [0.3, 0.4) is 0 Å². The molecule has 2 aliphatic rings. The molecular formula is C24H36N6O7S2. The number of carbonyl (C=O) groups is 3. The predicted octanol–water partition coefficient (Wildman–Crippen LogP) is 1.61. The average molecular weight is 585 g/mol. The number of benzene rings is 1. The van der Waals surface area contributed by atoms with Crippen LogP contribution in [-0.2, 0) is 20.9 Å². The molecule has 1 aromatic rings. The Labute approximate surface area is 237 Å². The van der Waals surface area contributed by atoms with Crippen molar-refractivity contribution in [3.8, 4) is 0 Å². The molecule has 2 N–H and O–H groups in total. The molecule has 15 heteroatoms. The van der Waals surface area contributed by atoms with E-state index in [1.807, 2.05) is 18.9 Å². The Morgan fingerprint density at radius 2 is 1.92 bits per heavy atom. The first-order valence-electron chi connectivity index (χ1n) is 12.9. The number of nitro benzene ring substituents is 1. The average Bonchev–Trinajstić information content (AvgIpc) is 3.32. The van der Waals surface area contributed by atoms with Gasteiger partial charge in [-0.2, -0.15) is 12.6 Å². The van der Waals surface area contributed by atoms with E-state index in [-0.39, 0.29) is 24.1 Å². The van der Waals surface area contributed by atoms with E-state index in [1.165, 1.54) is 40.9 Å². The molecule has 2 heterocycles. The molecule has 0 aromatic heterocycles. The fourth-order valence-electron chi connectivity index (χ4n) is 4.67.